The lowest BCUT2D eigenvalue weighted by atomic mass is 10.1. The van der Waals surface area contributed by atoms with Crippen LogP contribution in [-0.2, 0) is 15.9 Å². The fraction of sp³-hybridized carbons (Fsp3) is 0.538. The number of nitrogens with zero attached hydrogens (tertiary/aromatic N) is 1. The number of halogens is 2. The predicted octanol–water partition coefficient (Wildman–Crippen LogP) is 3.85. The highest BCUT2D eigenvalue weighted by atomic mass is 79.9. The SMILES string of the molecule is CC(C)C(C)N(C)S(=O)(=O)c1ccc(CCl)cc1Br. The van der Waals surface area contributed by atoms with Crippen molar-refractivity contribution in [3.63, 3.8) is 0 Å². The van der Waals surface area contributed by atoms with Crippen LogP contribution < -0.4 is 0 Å². The zero-order chi connectivity index (χ0) is 14.8. The highest BCUT2D eigenvalue weighted by Gasteiger charge is 2.28. The van der Waals surface area contributed by atoms with Crippen molar-refractivity contribution in [2.75, 3.05) is 7.05 Å². The third-order valence-corrected chi connectivity index (χ3v) is 6.58. The second-order valence-corrected chi connectivity index (χ2v) is 7.99. The summed E-state index contributed by atoms with van der Waals surface area (Å²) >= 11 is 9.05. The summed E-state index contributed by atoms with van der Waals surface area (Å²) in [4.78, 5) is 0.274. The Hall–Kier alpha value is -0.100. The third-order valence-electron chi connectivity index (χ3n) is 3.35. The average molecular weight is 369 g/mol. The van der Waals surface area contributed by atoms with E-state index in [0.29, 0.717) is 10.4 Å². The normalized spacial score (nSPS) is 14.1. The van der Waals surface area contributed by atoms with Crippen molar-refractivity contribution in [1.29, 1.82) is 0 Å². The van der Waals surface area contributed by atoms with Gasteiger partial charge in [-0.3, -0.25) is 0 Å². The van der Waals surface area contributed by atoms with E-state index in [0.717, 1.165) is 5.56 Å². The Kier molecular flexibility index (Phi) is 5.86. The van der Waals surface area contributed by atoms with Crippen LogP contribution in [0.25, 0.3) is 0 Å². The molecule has 0 aliphatic heterocycles. The van der Waals surface area contributed by atoms with Gasteiger partial charge < -0.3 is 0 Å². The molecule has 0 saturated heterocycles. The van der Waals surface area contributed by atoms with Crippen molar-refractivity contribution in [2.45, 2.75) is 37.6 Å². The molecule has 0 heterocycles. The second kappa shape index (κ2) is 6.57. The lowest BCUT2D eigenvalue weighted by molar-refractivity contribution is 0.315. The molecule has 19 heavy (non-hydrogen) atoms. The van der Waals surface area contributed by atoms with Gasteiger partial charge in [0.25, 0.3) is 0 Å². The molecule has 0 aliphatic rings. The van der Waals surface area contributed by atoms with Crippen LogP contribution in [0, 0.1) is 5.92 Å². The summed E-state index contributed by atoms with van der Waals surface area (Å²) in [5.41, 5.74) is 0.882. The van der Waals surface area contributed by atoms with E-state index < -0.39 is 10.0 Å². The Morgan fingerprint density at radius 2 is 1.89 bits per heavy atom. The van der Waals surface area contributed by atoms with Gasteiger partial charge in [0.05, 0.1) is 4.90 Å². The summed E-state index contributed by atoms with van der Waals surface area (Å²) in [5, 5.41) is 0. The maximum atomic E-state index is 12.6. The summed E-state index contributed by atoms with van der Waals surface area (Å²) < 4.78 is 27.1. The predicted molar refractivity (Wildman–Crippen MR) is 82.9 cm³/mol. The van der Waals surface area contributed by atoms with Crippen molar-refractivity contribution >= 4 is 37.6 Å². The molecule has 0 aliphatic carbocycles. The van der Waals surface area contributed by atoms with E-state index in [1.807, 2.05) is 20.8 Å². The molecule has 1 atom stereocenters. The van der Waals surface area contributed by atoms with Crippen molar-refractivity contribution in [1.82, 2.24) is 4.31 Å². The van der Waals surface area contributed by atoms with Gasteiger partial charge in [-0.1, -0.05) is 19.9 Å². The number of benzene rings is 1. The molecule has 0 bridgehead atoms. The molecule has 0 aromatic heterocycles. The Balaban J connectivity index is 3.20. The van der Waals surface area contributed by atoms with Crippen molar-refractivity contribution in [2.24, 2.45) is 5.92 Å². The van der Waals surface area contributed by atoms with E-state index in [9.17, 15) is 8.42 Å². The molecule has 0 fully saturated rings. The van der Waals surface area contributed by atoms with Crippen LogP contribution in [0.15, 0.2) is 27.6 Å². The zero-order valence-corrected chi connectivity index (χ0v) is 14.7. The molecule has 6 heteroatoms. The van der Waals surface area contributed by atoms with Gasteiger partial charge in [0.1, 0.15) is 0 Å². The summed E-state index contributed by atoms with van der Waals surface area (Å²) in [6.45, 7) is 5.91. The maximum absolute atomic E-state index is 12.6. The molecular formula is C13H19BrClNO2S. The molecule has 0 saturated carbocycles. The Bertz CT molecular complexity index is 546. The molecular weight excluding hydrogens is 350 g/mol. The van der Waals surface area contributed by atoms with Crippen LogP contribution in [-0.4, -0.2) is 25.8 Å². The average Bonchev–Trinajstić information content (AvgIpc) is 2.36. The van der Waals surface area contributed by atoms with Crippen LogP contribution in [0.1, 0.15) is 26.3 Å². The van der Waals surface area contributed by atoms with Crippen LogP contribution in [0.2, 0.25) is 0 Å². The summed E-state index contributed by atoms with van der Waals surface area (Å²) in [6, 6.07) is 5.01. The van der Waals surface area contributed by atoms with Gasteiger partial charge in [0.15, 0.2) is 0 Å². The highest BCUT2D eigenvalue weighted by Crippen LogP contribution is 2.28. The van der Waals surface area contributed by atoms with Crippen molar-refractivity contribution in [3.8, 4) is 0 Å². The standard InChI is InChI=1S/C13H19BrClNO2S/c1-9(2)10(3)16(4)19(17,18)13-6-5-11(8-15)7-12(13)14/h5-7,9-10H,8H2,1-4H3. The van der Waals surface area contributed by atoms with Gasteiger partial charge in [-0.05, 0) is 46.5 Å². The monoisotopic (exact) mass is 367 g/mol. The van der Waals surface area contributed by atoms with Crippen molar-refractivity contribution in [3.05, 3.63) is 28.2 Å². The number of hydrogen-bond acceptors (Lipinski definition) is 2. The van der Waals surface area contributed by atoms with E-state index in [4.69, 9.17) is 11.6 Å². The first-order valence-corrected chi connectivity index (χ1v) is 8.81. The van der Waals surface area contributed by atoms with E-state index in [1.54, 1.807) is 25.2 Å². The number of sulfonamides is 1. The highest BCUT2D eigenvalue weighted by molar-refractivity contribution is 9.10. The number of alkyl halides is 1. The lowest BCUT2D eigenvalue weighted by Gasteiger charge is -2.27. The fourth-order valence-corrected chi connectivity index (χ4v) is 4.37. The van der Waals surface area contributed by atoms with E-state index in [-0.39, 0.29) is 16.9 Å². The molecule has 0 radical (unpaired) electrons. The van der Waals surface area contributed by atoms with Crippen LogP contribution in [0.3, 0.4) is 0 Å². The quantitative estimate of drug-likeness (QED) is 0.740. The molecule has 0 amide bonds. The molecule has 1 unspecified atom stereocenters. The molecule has 0 N–H and O–H groups in total. The summed E-state index contributed by atoms with van der Waals surface area (Å²) in [6.07, 6.45) is 0. The Morgan fingerprint density at radius 3 is 2.32 bits per heavy atom. The first-order chi connectivity index (χ1) is 8.71. The number of hydrogen-bond donors (Lipinski definition) is 0. The second-order valence-electron chi connectivity index (χ2n) is 4.90. The van der Waals surface area contributed by atoms with Crippen LogP contribution >= 0.6 is 27.5 Å². The molecule has 1 aromatic carbocycles. The maximum Gasteiger partial charge on any atom is 0.244 e. The molecule has 0 spiro atoms. The topological polar surface area (TPSA) is 37.4 Å². The van der Waals surface area contributed by atoms with Gasteiger partial charge in [0, 0.05) is 23.4 Å². The Labute approximate surface area is 129 Å². The number of rotatable bonds is 5. The van der Waals surface area contributed by atoms with Crippen LogP contribution in [0.5, 0.6) is 0 Å². The first-order valence-electron chi connectivity index (χ1n) is 6.04. The van der Waals surface area contributed by atoms with Gasteiger partial charge in [-0.15, -0.1) is 11.6 Å². The van der Waals surface area contributed by atoms with Gasteiger partial charge in [0.2, 0.25) is 10.0 Å². The minimum Gasteiger partial charge on any atom is -0.207 e. The van der Waals surface area contributed by atoms with Crippen LogP contribution in [0.4, 0.5) is 0 Å². The van der Waals surface area contributed by atoms with E-state index >= 15 is 0 Å². The largest absolute Gasteiger partial charge is 0.244 e. The van der Waals surface area contributed by atoms with E-state index in [2.05, 4.69) is 15.9 Å². The fourth-order valence-electron chi connectivity index (χ4n) is 1.63. The Morgan fingerprint density at radius 1 is 1.32 bits per heavy atom. The van der Waals surface area contributed by atoms with Gasteiger partial charge in [-0.25, -0.2) is 8.42 Å². The smallest absolute Gasteiger partial charge is 0.207 e. The van der Waals surface area contributed by atoms with E-state index in [1.165, 1.54) is 4.31 Å². The molecule has 108 valence electrons. The minimum absolute atomic E-state index is 0.0652. The minimum atomic E-state index is -3.50. The van der Waals surface area contributed by atoms with Gasteiger partial charge >= 0.3 is 0 Å². The molecule has 1 rings (SSSR count). The summed E-state index contributed by atoms with van der Waals surface area (Å²) in [5.74, 6) is 0.609. The zero-order valence-electron chi connectivity index (χ0n) is 11.5. The van der Waals surface area contributed by atoms with Crippen molar-refractivity contribution < 1.29 is 8.42 Å². The lowest BCUT2D eigenvalue weighted by Crippen LogP contribution is -2.38. The first kappa shape index (κ1) is 17.0. The summed E-state index contributed by atoms with van der Waals surface area (Å²) in [7, 11) is -1.88. The van der Waals surface area contributed by atoms with Gasteiger partial charge in [-0.2, -0.15) is 4.31 Å². The molecule has 1 aromatic rings. The third kappa shape index (κ3) is 3.72. The molecule has 3 nitrogen and oxygen atoms in total.